The van der Waals surface area contributed by atoms with Gasteiger partial charge in [-0.15, -0.1) is 0 Å². The molecule has 0 N–H and O–H groups in total. The second-order valence-electron chi connectivity index (χ2n) is 5.76. The summed E-state index contributed by atoms with van der Waals surface area (Å²) in [5.74, 6) is -0.132. The van der Waals surface area contributed by atoms with Crippen LogP contribution in [0.15, 0.2) is 42.5 Å². The van der Waals surface area contributed by atoms with Gasteiger partial charge in [-0.1, -0.05) is 51.2 Å². The summed E-state index contributed by atoms with van der Waals surface area (Å²) in [7, 11) is 0. The molecule has 2 aromatic carbocycles. The number of hydrogen-bond donors (Lipinski definition) is 0. The molecular formula is C20H24F2O. The summed E-state index contributed by atoms with van der Waals surface area (Å²) in [6.45, 7) is 2.81. The molecule has 0 saturated carbocycles. The van der Waals surface area contributed by atoms with E-state index in [1.165, 1.54) is 43.9 Å². The first-order valence-electron chi connectivity index (χ1n) is 8.39. The van der Waals surface area contributed by atoms with E-state index in [-0.39, 0.29) is 11.6 Å². The predicted molar refractivity (Wildman–Crippen MR) is 90.7 cm³/mol. The van der Waals surface area contributed by atoms with Crippen LogP contribution in [-0.4, -0.2) is 6.61 Å². The Morgan fingerprint density at radius 2 is 1.52 bits per heavy atom. The molecule has 0 amide bonds. The highest BCUT2D eigenvalue weighted by molar-refractivity contribution is 5.64. The van der Waals surface area contributed by atoms with Crippen molar-refractivity contribution in [2.24, 2.45) is 0 Å². The smallest absolute Gasteiger partial charge is 0.134 e. The van der Waals surface area contributed by atoms with Crippen molar-refractivity contribution >= 4 is 0 Å². The van der Waals surface area contributed by atoms with E-state index in [0.29, 0.717) is 23.5 Å². The maximum atomic E-state index is 14.2. The van der Waals surface area contributed by atoms with E-state index in [2.05, 4.69) is 6.92 Å². The van der Waals surface area contributed by atoms with Gasteiger partial charge in [0.1, 0.15) is 17.4 Å². The van der Waals surface area contributed by atoms with Gasteiger partial charge in [0.25, 0.3) is 0 Å². The molecule has 0 aromatic heterocycles. The summed E-state index contributed by atoms with van der Waals surface area (Å²) < 4.78 is 32.7. The lowest BCUT2D eigenvalue weighted by Gasteiger charge is -2.09. The lowest BCUT2D eigenvalue weighted by atomic mass is 10.1. The van der Waals surface area contributed by atoms with Crippen LogP contribution < -0.4 is 4.74 Å². The Labute approximate surface area is 137 Å². The van der Waals surface area contributed by atoms with Crippen molar-refractivity contribution in [1.29, 1.82) is 0 Å². The fourth-order valence-corrected chi connectivity index (χ4v) is 2.52. The van der Waals surface area contributed by atoms with E-state index in [0.717, 1.165) is 12.8 Å². The van der Waals surface area contributed by atoms with Crippen LogP contribution in [0.2, 0.25) is 0 Å². The minimum Gasteiger partial charge on any atom is -0.493 e. The summed E-state index contributed by atoms with van der Waals surface area (Å²) >= 11 is 0. The van der Waals surface area contributed by atoms with Crippen molar-refractivity contribution in [2.75, 3.05) is 6.61 Å². The monoisotopic (exact) mass is 318 g/mol. The molecule has 0 heterocycles. The SMILES string of the molecule is CCCCCCCCOc1ccc(-c2ccc(F)cc2)c(F)c1. The second-order valence-corrected chi connectivity index (χ2v) is 5.76. The molecule has 3 heteroatoms. The lowest BCUT2D eigenvalue weighted by Crippen LogP contribution is -1.98. The largest absolute Gasteiger partial charge is 0.493 e. The van der Waals surface area contributed by atoms with Gasteiger partial charge in [-0.3, -0.25) is 0 Å². The number of unbranched alkanes of at least 4 members (excludes halogenated alkanes) is 5. The average molecular weight is 318 g/mol. The van der Waals surface area contributed by atoms with Crippen LogP contribution in [0.1, 0.15) is 45.4 Å². The highest BCUT2D eigenvalue weighted by Gasteiger charge is 2.07. The van der Waals surface area contributed by atoms with Gasteiger partial charge in [-0.25, -0.2) is 8.78 Å². The van der Waals surface area contributed by atoms with E-state index in [1.54, 1.807) is 24.3 Å². The van der Waals surface area contributed by atoms with E-state index < -0.39 is 0 Å². The van der Waals surface area contributed by atoms with Crippen molar-refractivity contribution < 1.29 is 13.5 Å². The summed E-state index contributed by atoms with van der Waals surface area (Å²) in [5, 5.41) is 0. The van der Waals surface area contributed by atoms with Gasteiger partial charge < -0.3 is 4.74 Å². The third-order valence-corrected chi connectivity index (χ3v) is 3.86. The van der Waals surface area contributed by atoms with Crippen molar-refractivity contribution in [3.8, 4) is 16.9 Å². The molecule has 0 aliphatic heterocycles. The Morgan fingerprint density at radius 1 is 0.826 bits per heavy atom. The zero-order valence-corrected chi connectivity index (χ0v) is 13.7. The summed E-state index contributed by atoms with van der Waals surface area (Å²) in [6.07, 6.45) is 7.18. The summed E-state index contributed by atoms with van der Waals surface area (Å²) in [4.78, 5) is 0. The molecule has 0 unspecified atom stereocenters. The Hall–Kier alpha value is -1.90. The van der Waals surface area contributed by atoms with Gasteiger partial charge in [-0.05, 0) is 36.2 Å². The molecule has 0 aliphatic rings. The van der Waals surface area contributed by atoms with E-state index in [9.17, 15) is 8.78 Å². The van der Waals surface area contributed by atoms with Crippen molar-refractivity contribution in [3.63, 3.8) is 0 Å². The fourth-order valence-electron chi connectivity index (χ4n) is 2.52. The summed E-state index contributed by atoms with van der Waals surface area (Å²) in [5.41, 5.74) is 1.11. The van der Waals surface area contributed by atoms with Crippen LogP contribution >= 0.6 is 0 Å². The first-order valence-corrected chi connectivity index (χ1v) is 8.39. The molecule has 2 aromatic rings. The Morgan fingerprint density at radius 3 is 2.22 bits per heavy atom. The topological polar surface area (TPSA) is 9.23 Å². The highest BCUT2D eigenvalue weighted by Crippen LogP contribution is 2.26. The maximum Gasteiger partial charge on any atom is 0.134 e. The van der Waals surface area contributed by atoms with Gasteiger partial charge in [0.05, 0.1) is 6.61 Å². The molecular weight excluding hydrogens is 294 g/mol. The minimum atomic E-state index is -0.350. The molecule has 0 atom stereocenters. The Kier molecular flexibility index (Phi) is 7.05. The van der Waals surface area contributed by atoms with Crippen LogP contribution in [-0.2, 0) is 0 Å². The minimum absolute atomic E-state index is 0.326. The second kappa shape index (κ2) is 9.29. The molecule has 0 aliphatic carbocycles. The molecule has 124 valence electrons. The molecule has 0 fully saturated rings. The Bertz CT molecular complexity index is 593. The van der Waals surface area contributed by atoms with Crippen LogP contribution in [0.4, 0.5) is 8.78 Å². The van der Waals surface area contributed by atoms with Crippen molar-refractivity contribution in [1.82, 2.24) is 0 Å². The van der Waals surface area contributed by atoms with Gasteiger partial charge in [0, 0.05) is 11.6 Å². The van der Waals surface area contributed by atoms with Crippen molar-refractivity contribution in [2.45, 2.75) is 45.4 Å². The van der Waals surface area contributed by atoms with Gasteiger partial charge in [0.2, 0.25) is 0 Å². The van der Waals surface area contributed by atoms with Crippen LogP contribution in [0, 0.1) is 11.6 Å². The number of rotatable bonds is 9. The highest BCUT2D eigenvalue weighted by atomic mass is 19.1. The zero-order chi connectivity index (χ0) is 16.5. The molecule has 2 rings (SSSR count). The first kappa shape index (κ1) is 17.5. The summed E-state index contributed by atoms with van der Waals surface area (Å²) in [6, 6.07) is 10.7. The third kappa shape index (κ3) is 5.66. The Balaban J connectivity index is 1.83. The number of hydrogen-bond acceptors (Lipinski definition) is 1. The first-order chi connectivity index (χ1) is 11.2. The molecule has 0 spiro atoms. The van der Waals surface area contributed by atoms with Crippen LogP contribution in [0.3, 0.4) is 0 Å². The van der Waals surface area contributed by atoms with E-state index in [4.69, 9.17) is 4.74 Å². The lowest BCUT2D eigenvalue weighted by molar-refractivity contribution is 0.303. The van der Waals surface area contributed by atoms with E-state index >= 15 is 0 Å². The molecule has 23 heavy (non-hydrogen) atoms. The quantitative estimate of drug-likeness (QED) is 0.488. The van der Waals surface area contributed by atoms with Gasteiger partial charge >= 0.3 is 0 Å². The normalized spacial score (nSPS) is 10.7. The third-order valence-electron chi connectivity index (χ3n) is 3.86. The van der Waals surface area contributed by atoms with Crippen LogP contribution in [0.25, 0.3) is 11.1 Å². The number of benzene rings is 2. The molecule has 1 nitrogen and oxygen atoms in total. The van der Waals surface area contributed by atoms with Gasteiger partial charge in [-0.2, -0.15) is 0 Å². The molecule has 0 saturated heterocycles. The number of ether oxygens (including phenoxy) is 1. The van der Waals surface area contributed by atoms with Crippen LogP contribution in [0.5, 0.6) is 5.75 Å². The predicted octanol–water partition coefficient (Wildman–Crippen LogP) is 6.37. The average Bonchev–Trinajstić information content (AvgIpc) is 2.55. The fraction of sp³-hybridized carbons (Fsp3) is 0.400. The van der Waals surface area contributed by atoms with E-state index in [1.807, 2.05) is 0 Å². The zero-order valence-electron chi connectivity index (χ0n) is 13.7. The maximum absolute atomic E-state index is 14.2. The number of halogens is 2. The molecule has 0 radical (unpaired) electrons. The molecule has 0 bridgehead atoms. The van der Waals surface area contributed by atoms with Crippen molar-refractivity contribution in [3.05, 3.63) is 54.1 Å². The standard InChI is InChI=1S/C20H24F2O/c1-2-3-4-5-6-7-14-23-18-12-13-19(20(22)15-18)16-8-10-17(21)11-9-16/h8-13,15H,2-7,14H2,1H3. The van der Waals surface area contributed by atoms with Gasteiger partial charge in [0.15, 0.2) is 0 Å².